The molecule has 0 aliphatic carbocycles. The third kappa shape index (κ3) is 3.92. The topological polar surface area (TPSA) is 92.2 Å². The van der Waals surface area contributed by atoms with Gasteiger partial charge in [-0.3, -0.25) is 0 Å². The first-order valence-corrected chi connectivity index (χ1v) is 9.14. The van der Waals surface area contributed by atoms with Crippen LogP contribution >= 0.6 is 0 Å². The molecule has 0 amide bonds. The Balaban J connectivity index is 2.33. The summed E-state index contributed by atoms with van der Waals surface area (Å²) in [7, 11) is -3.27. The highest BCUT2D eigenvalue weighted by Gasteiger charge is 2.12. The van der Waals surface area contributed by atoms with E-state index in [0.29, 0.717) is 29.2 Å². The van der Waals surface area contributed by atoms with Crippen molar-refractivity contribution >= 4 is 26.6 Å². The fourth-order valence-corrected chi connectivity index (χ4v) is 2.93. The van der Waals surface area contributed by atoms with Crippen molar-refractivity contribution in [2.75, 3.05) is 24.7 Å². The summed E-state index contributed by atoms with van der Waals surface area (Å²) in [6.45, 7) is 2.90. The van der Waals surface area contributed by atoms with Gasteiger partial charge in [0.05, 0.1) is 10.4 Å². The second-order valence-electron chi connectivity index (χ2n) is 5.34. The molecule has 0 saturated carbocycles. The van der Waals surface area contributed by atoms with E-state index in [1.807, 2.05) is 0 Å². The smallest absolute Gasteiger partial charge is 0.175 e. The zero-order chi connectivity index (χ0) is 16.2. The van der Waals surface area contributed by atoms with Gasteiger partial charge in [-0.25, -0.2) is 18.4 Å². The van der Waals surface area contributed by atoms with Gasteiger partial charge in [0.25, 0.3) is 0 Å². The van der Waals surface area contributed by atoms with Gasteiger partial charge in [-0.2, -0.15) is 0 Å². The molecule has 7 heteroatoms. The van der Waals surface area contributed by atoms with Gasteiger partial charge in [0.1, 0.15) is 12.1 Å². The van der Waals surface area contributed by atoms with Crippen molar-refractivity contribution in [3.8, 4) is 0 Å². The van der Waals surface area contributed by atoms with Crippen LogP contribution in [0.15, 0.2) is 29.4 Å². The molecule has 0 saturated heterocycles. The molecule has 0 bridgehead atoms. The standard InChI is InChI=1S/C15H21N3O3S/c1-3-11(6-7-19)9-16-15-13-8-12(22(2,20)21)4-5-14(13)17-10-18-15/h4-5,8,10-11,19H,3,6-7,9H2,1-2H3,(H,16,17,18)/t11-/m0/s1. The quantitative estimate of drug-likeness (QED) is 0.808. The third-order valence-corrected chi connectivity index (χ3v) is 4.82. The minimum Gasteiger partial charge on any atom is -0.396 e. The summed E-state index contributed by atoms with van der Waals surface area (Å²) in [5, 5.41) is 13.0. The molecule has 0 radical (unpaired) electrons. The van der Waals surface area contributed by atoms with Crippen LogP contribution in [0.2, 0.25) is 0 Å². The average molecular weight is 323 g/mol. The molecule has 2 N–H and O–H groups in total. The first-order valence-electron chi connectivity index (χ1n) is 7.25. The Kier molecular flexibility index (Phi) is 5.31. The maximum absolute atomic E-state index is 11.7. The number of rotatable bonds is 7. The Hall–Kier alpha value is -1.73. The molecule has 1 aromatic heterocycles. The molecule has 0 fully saturated rings. The lowest BCUT2D eigenvalue weighted by Gasteiger charge is -2.15. The van der Waals surface area contributed by atoms with Crippen molar-refractivity contribution in [3.05, 3.63) is 24.5 Å². The summed E-state index contributed by atoms with van der Waals surface area (Å²) in [6, 6.07) is 4.83. The van der Waals surface area contributed by atoms with Gasteiger partial charge in [0.2, 0.25) is 0 Å². The van der Waals surface area contributed by atoms with E-state index >= 15 is 0 Å². The molecule has 6 nitrogen and oxygen atoms in total. The number of aliphatic hydroxyl groups is 1. The van der Waals surface area contributed by atoms with Crippen LogP contribution in [0.4, 0.5) is 5.82 Å². The Morgan fingerprint density at radius 2 is 2.09 bits per heavy atom. The van der Waals surface area contributed by atoms with Crippen molar-refractivity contribution in [1.82, 2.24) is 9.97 Å². The molecule has 1 atom stereocenters. The Morgan fingerprint density at radius 1 is 1.32 bits per heavy atom. The summed E-state index contributed by atoms with van der Waals surface area (Å²) in [5.74, 6) is 0.958. The first-order chi connectivity index (χ1) is 10.5. The van der Waals surface area contributed by atoms with Crippen LogP contribution in [0.3, 0.4) is 0 Å². The lowest BCUT2D eigenvalue weighted by Crippen LogP contribution is -2.16. The average Bonchev–Trinajstić information content (AvgIpc) is 2.50. The van der Waals surface area contributed by atoms with Gasteiger partial charge >= 0.3 is 0 Å². The molecule has 0 spiro atoms. The van der Waals surface area contributed by atoms with Crippen LogP contribution in [0, 0.1) is 5.92 Å². The Morgan fingerprint density at radius 3 is 2.73 bits per heavy atom. The van der Waals surface area contributed by atoms with Crippen LogP contribution in [-0.4, -0.2) is 42.9 Å². The fourth-order valence-electron chi connectivity index (χ4n) is 2.28. The van der Waals surface area contributed by atoms with E-state index in [1.165, 1.54) is 12.6 Å². The number of sulfone groups is 1. The number of hydrogen-bond donors (Lipinski definition) is 2. The number of anilines is 1. The van der Waals surface area contributed by atoms with Crippen LogP contribution in [0.25, 0.3) is 10.9 Å². The highest BCUT2D eigenvalue weighted by Crippen LogP contribution is 2.23. The van der Waals surface area contributed by atoms with Gasteiger partial charge in [-0.05, 0) is 30.5 Å². The largest absolute Gasteiger partial charge is 0.396 e. The molecular weight excluding hydrogens is 302 g/mol. The maximum atomic E-state index is 11.7. The number of fused-ring (bicyclic) bond motifs is 1. The van der Waals surface area contributed by atoms with Crippen LogP contribution in [0.5, 0.6) is 0 Å². The van der Waals surface area contributed by atoms with Crippen molar-refractivity contribution in [3.63, 3.8) is 0 Å². The van der Waals surface area contributed by atoms with Gasteiger partial charge in [-0.15, -0.1) is 0 Å². The summed E-state index contributed by atoms with van der Waals surface area (Å²) in [4.78, 5) is 8.63. The zero-order valence-electron chi connectivity index (χ0n) is 12.8. The van der Waals surface area contributed by atoms with E-state index in [4.69, 9.17) is 5.11 Å². The minimum atomic E-state index is -3.27. The van der Waals surface area contributed by atoms with E-state index in [2.05, 4.69) is 22.2 Å². The molecular formula is C15H21N3O3S. The molecule has 0 aliphatic rings. The number of aliphatic hydroxyl groups excluding tert-OH is 1. The van der Waals surface area contributed by atoms with Gasteiger partial charge in [0, 0.05) is 24.8 Å². The monoisotopic (exact) mass is 323 g/mol. The lowest BCUT2D eigenvalue weighted by atomic mass is 10.0. The van der Waals surface area contributed by atoms with Crippen molar-refractivity contribution < 1.29 is 13.5 Å². The van der Waals surface area contributed by atoms with Gasteiger partial charge < -0.3 is 10.4 Å². The van der Waals surface area contributed by atoms with E-state index in [0.717, 1.165) is 12.8 Å². The van der Waals surface area contributed by atoms with Crippen molar-refractivity contribution in [2.24, 2.45) is 5.92 Å². The Bertz CT molecular complexity index is 747. The minimum absolute atomic E-state index is 0.156. The number of nitrogens with zero attached hydrogens (tertiary/aromatic N) is 2. The molecule has 0 unspecified atom stereocenters. The number of nitrogens with one attached hydrogen (secondary N) is 1. The fraction of sp³-hybridized carbons (Fsp3) is 0.467. The molecule has 1 heterocycles. The highest BCUT2D eigenvalue weighted by atomic mass is 32.2. The normalized spacial score (nSPS) is 13.2. The van der Waals surface area contributed by atoms with E-state index in [-0.39, 0.29) is 11.5 Å². The summed E-state index contributed by atoms with van der Waals surface area (Å²) >= 11 is 0. The van der Waals surface area contributed by atoms with Crippen molar-refractivity contribution in [2.45, 2.75) is 24.7 Å². The van der Waals surface area contributed by atoms with E-state index in [1.54, 1.807) is 18.2 Å². The maximum Gasteiger partial charge on any atom is 0.175 e. The van der Waals surface area contributed by atoms with Crippen molar-refractivity contribution in [1.29, 1.82) is 0 Å². The molecule has 2 rings (SSSR count). The number of aromatic nitrogens is 2. The summed E-state index contributed by atoms with van der Waals surface area (Å²) in [6.07, 6.45) is 4.31. The number of benzene rings is 1. The molecule has 0 aliphatic heterocycles. The van der Waals surface area contributed by atoms with E-state index in [9.17, 15) is 8.42 Å². The summed E-state index contributed by atoms with van der Waals surface area (Å²) in [5.41, 5.74) is 0.695. The highest BCUT2D eigenvalue weighted by molar-refractivity contribution is 7.90. The van der Waals surface area contributed by atoms with Crippen LogP contribution in [0.1, 0.15) is 19.8 Å². The second kappa shape index (κ2) is 7.02. The Labute approximate surface area is 130 Å². The SMILES string of the molecule is CC[C@@H](CCO)CNc1ncnc2ccc(S(C)(=O)=O)cc12. The predicted octanol–water partition coefficient (Wildman–Crippen LogP) is 1.85. The van der Waals surface area contributed by atoms with Crippen LogP contribution < -0.4 is 5.32 Å². The lowest BCUT2D eigenvalue weighted by molar-refractivity contribution is 0.258. The molecule has 2 aromatic rings. The second-order valence-corrected chi connectivity index (χ2v) is 7.36. The number of hydrogen-bond acceptors (Lipinski definition) is 6. The van der Waals surface area contributed by atoms with Crippen LogP contribution in [-0.2, 0) is 9.84 Å². The zero-order valence-corrected chi connectivity index (χ0v) is 13.6. The summed E-state index contributed by atoms with van der Waals surface area (Å²) < 4.78 is 23.4. The molecule has 120 valence electrons. The van der Waals surface area contributed by atoms with Gasteiger partial charge in [-0.1, -0.05) is 13.3 Å². The van der Waals surface area contributed by atoms with E-state index < -0.39 is 9.84 Å². The van der Waals surface area contributed by atoms with Gasteiger partial charge in [0.15, 0.2) is 9.84 Å². The first kappa shape index (κ1) is 16.6. The predicted molar refractivity (Wildman–Crippen MR) is 86.6 cm³/mol. The molecule has 1 aromatic carbocycles. The third-order valence-electron chi connectivity index (χ3n) is 3.71. The molecule has 22 heavy (non-hydrogen) atoms.